The van der Waals surface area contributed by atoms with Gasteiger partial charge < -0.3 is 10.1 Å². The summed E-state index contributed by atoms with van der Waals surface area (Å²) in [5, 5.41) is 6.07. The van der Waals surface area contributed by atoms with Gasteiger partial charge in [0.15, 0.2) is 5.11 Å². The molecule has 0 aliphatic rings. The Kier molecular flexibility index (Phi) is 6.14. The third-order valence-corrected chi connectivity index (χ3v) is 3.94. The van der Waals surface area contributed by atoms with Crippen LogP contribution in [-0.2, 0) is 0 Å². The number of carbonyl (C=O) groups excluding carboxylic acids is 1. The van der Waals surface area contributed by atoms with Gasteiger partial charge in [-0.1, -0.05) is 11.6 Å². The number of benzene rings is 1. The monoisotopic (exact) mass is 461 g/mol. The molecule has 0 radical (unpaired) electrons. The fourth-order valence-electron chi connectivity index (χ4n) is 1.84. The van der Waals surface area contributed by atoms with E-state index in [2.05, 4.69) is 38.2 Å². The molecule has 0 saturated heterocycles. The van der Waals surface area contributed by atoms with Gasteiger partial charge in [-0.15, -0.1) is 0 Å². The van der Waals surface area contributed by atoms with Crippen molar-refractivity contribution in [3.8, 4) is 5.75 Å². The predicted molar refractivity (Wildman–Crippen MR) is 103 cm³/mol. The molecule has 1 amide bonds. The molecule has 0 aliphatic heterocycles. The highest BCUT2D eigenvalue weighted by Crippen LogP contribution is 2.22. The van der Waals surface area contributed by atoms with Crippen LogP contribution in [-0.4, -0.2) is 23.1 Å². The predicted octanol–water partition coefficient (Wildman–Crippen LogP) is 3.78. The summed E-state index contributed by atoms with van der Waals surface area (Å²) >= 11 is 13.3. The van der Waals surface area contributed by atoms with E-state index in [1.165, 1.54) is 13.2 Å². The Balaban J connectivity index is 2.11. The lowest BCUT2D eigenvalue weighted by Gasteiger charge is -2.12. The highest BCUT2D eigenvalue weighted by Gasteiger charge is 2.15. The van der Waals surface area contributed by atoms with Gasteiger partial charge in [0.05, 0.1) is 12.7 Å². The molecule has 5 nitrogen and oxygen atoms in total. The fourth-order valence-corrected chi connectivity index (χ4v) is 2.81. The Morgan fingerprint density at radius 1 is 1.39 bits per heavy atom. The van der Waals surface area contributed by atoms with E-state index in [0.29, 0.717) is 22.2 Å². The molecule has 0 bridgehead atoms. The van der Waals surface area contributed by atoms with Gasteiger partial charge in [0, 0.05) is 14.8 Å². The molecule has 8 heteroatoms. The maximum absolute atomic E-state index is 12.3. The SMILES string of the molecule is COc1ccc(Cl)cc1C(=O)NC(=S)Nc1ncc(I)cc1C. The molecule has 120 valence electrons. The molecule has 1 aromatic carbocycles. The number of pyridine rings is 1. The zero-order valence-electron chi connectivity index (χ0n) is 12.3. The number of methoxy groups -OCH3 is 1. The summed E-state index contributed by atoms with van der Waals surface area (Å²) in [5.74, 6) is 0.595. The Bertz CT molecular complexity index is 770. The van der Waals surface area contributed by atoms with E-state index >= 15 is 0 Å². The number of nitrogens with zero attached hydrogens (tertiary/aromatic N) is 1. The summed E-state index contributed by atoms with van der Waals surface area (Å²) in [6.45, 7) is 1.90. The van der Waals surface area contributed by atoms with Gasteiger partial charge in [0.25, 0.3) is 5.91 Å². The van der Waals surface area contributed by atoms with Gasteiger partial charge in [-0.05, 0) is 71.6 Å². The molecule has 2 N–H and O–H groups in total. The van der Waals surface area contributed by atoms with Crippen molar-refractivity contribution in [2.24, 2.45) is 0 Å². The standard InChI is InChI=1S/C15H13ClIN3O2S/c1-8-5-10(17)7-18-13(8)19-15(23)20-14(21)11-6-9(16)3-4-12(11)22-2/h3-7H,1-2H3,(H2,18,19,20,21,23). The minimum atomic E-state index is -0.412. The van der Waals surface area contributed by atoms with Gasteiger partial charge in [-0.25, -0.2) is 4.98 Å². The van der Waals surface area contributed by atoms with E-state index in [0.717, 1.165) is 9.13 Å². The Hall–Kier alpha value is -1.45. The molecule has 0 aliphatic carbocycles. The van der Waals surface area contributed by atoms with Gasteiger partial charge >= 0.3 is 0 Å². The second-order valence-electron chi connectivity index (χ2n) is 4.57. The van der Waals surface area contributed by atoms with E-state index in [4.69, 9.17) is 28.6 Å². The highest BCUT2D eigenvalue weighted by atomic mass is 127. The minimum absolute atomic E-state index is 0.147. The van der Waals surface area contributed by atoms with Crippen LogP contribution in [0.4, 0.5) is 5.82 Å². The molecular formula is C15H13ClIN3O2S. The number of carbonyl (C=O) groups is 1. The number of ether oxygens (including phenoxy) is 1. The third kappa shape index (κ3) is 4.76. The first-order valence-electron chi connectivity index (χ1n) is 6.48. The average Bonchev–Trinajstić information content (AvgIpc) is 2.50. The van der Waals surface area contributed by atoms with Crippen molar-refractivity contribution >= 4 is 63.2 Å². The number of halogens is 2. The summed E-state index contributed by atoms with van der Waals surface area (Å²) in [6, 6.07) is 6.75. The van der Waals surface area contributed by atoms with Crippen molar-refractivity contribution in [1.82, 2.24) is 10.3 Å². The van der Waals surface area contributed by atoms with Crippen LogP contribution in [0.25, 0.3) is 0 Å². The first kappa shape index (κ1) is 17.9. The van der Waals surface area contributed by atoms with E-state index in [9.17, 15) is 4.79 Å². The summed E-state index contributed by atoms with van der Waals surface area (Å²) in [7, 11) is 1.48. The minimum Gasteiger partial charge on any atom is -0.496 e. The van der Waals surface area contributed by atoms with Gasteiger partial charge in [-0.2, -0.15) is 0 Å². The molecule has 0 atom stereocenters. The Morgan fingerprint density at radius 3 is 2.78 bits per heavy atom. The molecular weight excluding hydrogens is 449 g/mol. The van der Waals surface area contributed by atoms with Gasteiger partial charge in [0.2, 0.25) is 0 Å². The molecule has 0 fully saturated rings. The van der Waals surface area contributed by atoms with Crippen molar-refractivity contribution in [2.45, 2.75) is 6.92 Å². The molecule has 1 heterocycles. The quantitative estimate of drug-likeness (QED) is 0.538. The first-order valence-corrected chi connectivity index (χ1v) is 8.35. The summed E-state index contributed by atoms with van der Waals surface area (Å²) in [5.41, 5.74) is 1.23. The van der Waals surface area contributed by atoms with Crippen molar-refractivity contribution < 1.29 is 9.53 Å². The van der Waals surface area contributed by atoms with Crippen LogP contribution < -0.4 is 15.4 Å². The Morgan fingerprint density at radius 2 is 2.13 bits per heavy atom. The van der Waals surface area contributed by atoms with Crippen LogP contribution >= 0.6 is 46.4 Å². The molecule has 0 spiro atoms. The summed E-state index contributed by atoms with van der Waals surface area (Å²) < 4.78 is 6.18. The molecule has 0 saturated carbocycles. The largest absolute Gasteiger partial charge is 0.496 e. The van der Waals surface area contributed by atoms with E-state index < -0.39 is 5.91 Å². The average molecular weight is 462 g/mol. The van der Waals surface area contributed by atoms with E-state index in [-0.39, 0.29) is 5.11 Å². The lowest BCUT2D eigenvalue weighted by molar-refractivity contribution is 0.0975. The number of hydrogen-bond donors (Lipinski definition) is 2. The zero-order valence-corrected chi connectivity index (χ0v) is 16.0. The molecule has 1 aromatic heterocycles. The second-order valence-corrected chi connectivity index (χ2v) is 6.66. The van der Waals surface area contributed by atoms with Crippen LogP contribution in [0.1, 0.15) is 15.9 Å². The van der Waals surface area contributed by atoms with Gasteiger partial charge in [0.1, 0.15) is 11.6 Å². The second kappa shape index (κ2) is 7.89. The van der Waals surface area contributed by atoms with Gasteiger partial charge in [-0.3, -0.25) is 10.1 Å². The van der Waals surface area contributed by atoms with Crippen LogP contribution in [0.15, 0.2) is 30.5 Å². The fraction of sp³-hybridized carbons (Fsp3) is 0.133. The lowest BCUT2D eigenvalue weighted by atomic mass is 10.2. The lowest BCUT2D eigenvalue weighted by Crippen LogP contribution is -2.34. The van der Waals surface area contributed by atoms with Crippen molar-refractivity contribution in [3.05, 3.63) is 50.2 Å². The van der Waals surface area contributed by atoms with E-state index in [1.54, 1.807) is 18.3 Å². The Labute approximate surface area is 157 Å². The molecule has 2 rings (SSSR count). The topological polar surface area (TPSA) is 63.2 Å². The van der Waals surface area contributed by atoms with Crippen LogP contribution in [0.2, 0.25) is 5.02 Å². The number of nitrogens with one attached hydrogen (secondary N) is 2. The van der Waals surface area contributed by atoms with Crippen molar-refractivity contribution in [1.29, 1.82) is 0 Å². The van der Waals surface area contributed by atoms with Crippen molar-refractivity contribution in [3.63, 3.8) is 0 Å². The number of anilines is 1. The third-order valence-electron chi connectivity index (χ3n) is 2.91. The summed E-state index contributed by atoms with van der Waals surface area (Å²) in [6.07, 6.45) is 1.71. The number of hydrogen-bond acceptors (Lipinski definition) is 4. The highest BCUT2D eigenvalue weighted by molar-refractivity contribution is 14.1. The van der Waals surface area contributed by atoms with Crippen LogP contribution in [0.3, 0.4) is 0 Å². The number of thiocarbonyl (C=S) groups is 1. The maximum Gasteiger partial charge on any atom is 0.261 e. The number of aryl methyl sites for hydroxylation is 1. The number of rotatable bonds is 3. The first-order chi connectivity index (χ1) is 10.9. The van der Waals surface area contributed by atoms with Crippen LogP contribution in [0.5, 0.6) is 5.75 Å². The van der Waals surface area contributed by atoms with Crippen LogP contribution in [0, 0.1) is 10.5 Å². The molecule has 23 heavy (non-hydrogen) atoms. The molecule has 2 aromatic rings. The normalized spacial score (nSPS) is 10.1. The number of aromatic nitrogens is 1. The number of amides is 1. The molecule has 0 unspecified atom stereocenters. The van der Waals surface area contributed by atoms with Crippen molar-refractivity contribution in [2.75, 3.05) is 12.4 Å². The zero-order chi connectivity index (χ0) is 17.0. The smallest absolute Gasteiger partial charge is 0.261 e. The van der Waals surface area contributed by atoms with E-state index in [1.807, 2.05) is 13.0 Å². The summed E-state index contributed by atoms with van der Waals surface area (Å²) in [4.78, 5) is 16.6. The maximum atomic E-state index is 12.3.